The molecule has 18 heavy (non-hydrogen) atoms. The minimum Gasteiger partial charge on any atom is -0.397 e. The third-order valence-electron chi connectivity index (χ3n) is 4.05. The smallest absolute Gasteiger partial charge is 0.139 e. The molecular weight excluding hydrogens is 295 g/mol. The molecule has 2 nitrogen and oxygen atoms in total. The molecule has 1 aromatic carbocycles. The average molecular weight is 315 g/mol. The number of halogens is 2. The molecule has 0 amide bonds. The van der Waals surface area contributed by atoms with Gasteiger partial charge in [0.25, 0.3) is 0 Å². The topological polar surface area (TPSA) is 38.0 Å². The van der Waals surface area contributed by atoms with Gasteiger partial charge in [0.15, 0.2) is 0 Å². The lowest BCUT2D eigenvalue weighted by Crippen LogP contribution is -2.30. The average Bonchev–Trinajstić information content (AvgIpc) is 2.31. The first-order valence-electron chi connectivity index (χ1n) is 6.48. The molecule has 0 aromatic heterocycles. The van der Waals surface area contributed by atoms with Gasteiger partial charge >= 0.3 is 0 Å². The Bertz CT molecular complexity index is 436. The Balaban J connectivity index is 2.08. The van der Waals surface area contributed by atoms with Gasteiger partial charge in [-0.1, -0.05) is 13.8 Å². The first-order valence-corrected chi connectivity index (χ1v) is 7.27. The van der Waals surface area contributed by atoms with E-state index in [-0.39, 0.29) is 5.82 Å². The van der Waals surface area contributed by atoms with Crippen molar-refractivity contribution in [1.29, 1.82) is 0 Å². The second-order valence-corrected chi connectivity index (χ2v) is 6.32. The van der Waals surface area contributed by atoms with Gasteiger partial charge in [-0.3, -0.25) is 0 Å². The van der Waals surface area contributed by atoms with Gasteiger partial charge in [0.2, 0.25) is 0 Å². The van der Waals surface area contributed by atoms with E-state index in [0.29, 0.717) is 27.8 Å². The summed E-state index contributed by atoms with van der Waals surface area (Å²) in [7, 11) is 0. The van der Waals surface area contributed by atoms with Crippen molar-refractivity contribution < 1.29 is 4.39 Å². The summed E-state index contributed by atoms with van der Waals surface area (Å²) in [5.74, 6) is 1.21. The molecular formula is C14H20BrFN2. The van der Waals surface area contributed by atoms with Crippen LogP contribution in [0.2, 0.25) is 0 Å². The number of hydrogen-bond acceptors (Lipinski definition) is 2. The number of nitrogens with one attached hydrogen (secondary N) is 1. The monoisotopic (exact) mass is 314 g/mol. The van der Waals surface area contributed by atoms with E-state index in [1.54, 1.807) is 6.07 Å². The van der Waals surface area contributed by atoms with Crippen LogP contribution in [0.5, 0.6) is 0 Å². The Morgan fingerprint density at radius 1 is 1.28 bits per heavy atom. The third-order valence-corrected chi connectivity index (χ3v) is 4.66. The summed E-state index contributed by atoms with van der Waals surface area (Å²) in [5, 5.41) is 3.38. The van der Waals surface area contributed by atoms with Crippen molar-refractivity contribution >= 4 is 27.3 Å². The van der Waals surface area contributed by atoms with Crippen molar-refractivity contribution in [3.63, 3.8) is 0 Å². The molecule has 1 fully saturated rings. The largest absolute Gasteiger partial charge is 0.397 e. The van der Waals surface area contributed by atoms with Crippen LogP contribution >= 0.6 is 15.9 Å². The zero-order valence-electron chi connectivity index (χ0n) is 10.8. The van der Waals surface area contributed by atoms with Crippen LogP contribution in [-0.4, -0.2) is 6.04 Å². The lowest BCUT2D eigenvalue weighted by molar-refractivity contribution is 0.261. The van der Waals surface area contributed by atoms with Crippen LogP contribution in [-0.2, 0) is 0 Å². The molecule has 0 spiro atoms. The van der Waals surface area contributed by atoms with Crippen LogP contribution < -0.4 is 11.1 Å². The van der Waals surface area contributed by atoms with Crippen molar-refractivity contribution in [3.05, 3.63) is 22.4 Å². The molecule has 100 valence electrons. The summed E-state index contributed by atoms with van der Waals surface area (Å²) in [5.41, 5.74) is 7.21. The Hall–Kier alpha value is -0.770. The first kappa shape index (κ1) is 13.7. The second kappa shape index (κ2) is 5.47. The van der Waals surface area contributed by atoms with E-state index < -0.39 is 0 Å². The van der Waals surface area contributed by atoms with E-state index in [1.165, 1.54) is 12.5 Å². The van der Waals surface area contributed by atoms with Crippen LogP contribution in [0.3, 0.4) is 0 Å². The highest BCUT2D eigenvalue weighted by molar-refractivity contribution is 9.10. The molecule has 0 saturated heterocycles. The molecule has 1 saturated carbocycles. The Morgan fingerprint density at radius 2 is 2.00 bits per heavy atom. The summed E-state index contributed by atoms with van der Waals surface area (Å²) in [6, 6.07) is 3.49. The predicted molar refractivity (Wildman–Crippen MR) is 78.1 cm³/mol. The maximum absolute atomic E-state index is 13.5. The van der Waals surface area contributed by atoms with E-state index >= 15 is 0 Å². The van der Waals surface area contributed by atoms with E-state index in [4.69, 9.17) is 5.73 Å². The van der Waals surface area contributed by atoms with E-state index in [0.717, 1.165) is 18.8 Å². The standard InChI is InChI=1S/C14H20BrFN2/c1-8-3-4-10(5-9(8)2)18-14-7-12(16)11(15)6-13(14)17/h6-10,18H,3-5,17H2,1-2H3. The van der Waals surface area contributed by atoms with E-state index in [1.807, 2.05) is 0 Å². The van der Waals surface area contributed by atoms with Crippen LogP contribution in [0.4, 0.5) is 15.8 Å². The quantitative estimate of drug-likeness (QED) is 0.794. The Labute approximate surface area is 116 Å². The molecule has 2 rings (SSSR count). The van der Waals surface area contributed by atoms with Gasteiger partial charge in [0, 0.05) is 12.1 Å². The van der Waals surface area contributed by atoms with Gasteiger partial charge in [0.1, 0.15) is 5.82 Å². The van der Waals surface area contributed by atoms with Gasteiger partial charge in [-0.25, -0.2) is 4.39 Å². The third kappa shape index (κ3) is 2.97. The minimum atomic E-state index is -0.274. The molecule has 1 aliphatic rings. The number of rotatable bonds is 2. The number of benzene rings is 1. The fourth-order valence-electron chi connectivity index (χ4n) is 2.59. The van der Waals surface area contributed by atoms with Gasteiger partial charge in [-0.2, -0.15) is 0 Å². The fraction of sp³-hybridized carbons (Fsp3) is 0.571. The number of hydrogen-bond donors (Lipinski definition) is 2. The summed E-state index contributed by atoms with van der Waals surface area (Å²) in [4.78, 5) is 0. The van der Waals surface area contributed by atoms with Crippen LogP contribution in [0.1, 0.15) is 33.1 Å². The zero-order chi connectivity index (χ0) is 13.3. The van der Waals surface area contributed by atoms with Crippen LogP contribution in [0.15, 0.2) is 16.6 Å². The van der Waals surface area contributed by atoms with Crippen molar-refractivity contribution in [2.75, 3.05) is 11.1 Å². The summed E-state index contributed by atoms with van der Waals surface area (Å²) in [6.07, 6.45) is 3.47. The number of nitrogen functional groups attached to an aromatic ring is 1. The minimum absolute atomic E-state index is 0.274. The van der Waals surface area contributed by atoms with Gasteiger partial charge < -0.3 is 11.1 Å². The number of anilines is 2. The van der Waals surface area contributed by atoms with Gasteiger partial charge in [-0.15, -0.1) is 0 Å². The Kier molecular flexibility index (Phi) is 4.15. The van der Waals surface area contributed by atoms with E-state index in [2.05, 4.69) is 35.1 Å². The molecule has 3 N–H and O–H groups in total. The van der Waals surface area contributed by atoms with Gasteiger partial charge in [0.05, 0.1) is 15.8 Å². The van der Waals surface area contributed by atoms with Crippen LogP contribution in [0, 0.1) is 17.7 Å². The lowest BCUT2D eigenvalue weighted by Gasteiger charge is -2.33. The molecule has 0 bridgehead atoms. The highest BCUT2D eigenvalue weighted by atomic mass is 79.9. The highest BCUT2D eigenvalue weighted by Gasteiger charge is 2.24. The molecule has 1 aromatic rings. The predicted octanol–water partition coefficient (Wildman–Crippen LogP) is 4.41. The summed E-state index contributed by atoms with van der Waals surface area (Å²) >= 11 is 3.14. The maximum atomic E-state index is 13.5. The fourth-order valence-corrected chi connectivity index (χ4v) is 2.95. The van der Waals surface area contributed by atoms with Crippen molar-refractivity contribution in [1.82, 2.24) is 0 Å². The molecule has 0 heterocycles. The summed E-state index contributed by atoms with van der Waals surface area (Å²) in [6.45, 7) is 4.58. The normalized spacial score (nSPS) is 28.1. The first-order chi connectivity index (χ1) is 8.47. The van der Waals surface area contributed by atoms with E-state index in [9.17, 15) is 4.39 Å². The van der Waals surface area contributed by atoms with Crippen molar-refractivity contribution in [2.24, 2.45) is 11.8 Å². The van der Waals surface area contributed by atoms with Gasteiger partial charge in [-0.05, 0) is 53.1 Å². The second-order valence-electron chi connectivity index (χ2n) is 5.46. The van der Waals surface area contributed by atoms with Crippen LogP contribution in [0.25, 0.3) is 0 Å². The zero-order valence-corrected chi connectivity index (χ0v) is 12.4. The van der Waals surface area contributed by atoms with Crippen molar-refractivity contribution in [3.8, 4) is 0 Å². The molecule has 3 unspecified atom stereocenters. The molecule has 4 heteroatoms. The Morgan fingerprint density at radius 3 is 2.67 bits per heavy atom. The summed E-state index contributed by atoms with van der Waals surface area (Å²) < 4.78 is 13.9. The molecule has 0 aliphatic heterocycles. The number of nitrogens with two attached hydrogens (primary N) is 1. The molecule has 3 atom stereocenters. The SMILES string of the molecule is CC1CCC(Nc2cc(F)c(Br)cc2N)CC1C. The highest BCUT2D eigenvalue weighted by Crippen LogP contribution is 2.33. The molecule has 1 aliphatic carbocycles. The lowest BCUT2D eigenvalue weighted by atomic mass is 9.79. The molecule has 0 radical (unpaired) electrons. The van der Waals surface area contributed by atoms with Crippen molar-refractivity contribution in [2.45, 2.75) is 39.2 Å². The maximum Gasteiger partial charge on any atom is 0.139 e.